The highest BCUT2D eigenvalue weighted by molar-refractivity contribution is 7.16. The van der Waals surface area contributed by atoms with Crippen molar-refractivity contribution in [3.63, 3.8) is 0 Å². The van der Waals surface area contributed by atoms with Gasteiger partial charge in [0.15, 0.2) is 0 Å². The molecular weight excluding hydrogens is 408 g/mol. The zero-order chi connectivity index (χ0) is 21.0. The molecule has 1 saturated heterocycles. The van der Waals surface area contributed by atoms with Gasteiger partial charge in [-0.2, -0.15) is 5.26 Å². The van der Waals surface area contributed by atoms with E-state index in [1.54, 1.807) is 17.5 Å². The van der Waals surface area contributed by atoms with Gasteiger partial charge in [0.05, 0.1) is 40.2 Å². The van der Waals surface area contributed by atoms with Crippen LogP contribution < -0.4 is 4.74 Å². The summed E-state index contributed by atoms with van der Waals surface area (Å²) in [4.78, 5) is 13.5. The number of thiazole rings is 1. The first kappa shape index (κ1) is 19.6. The van der Waals surface area contributed by atoms with Crippen molar-refractivity contribution in [2.45, 2.75) is 25.4 Å². The van der Waals surface area contributed by atoms with Gasteiger partial charge >= 0.3 is 0 Å². The second-order valence-electron chi connectivity index (χ2n) is 7.44. The third-order valence-electron chi connectivity index (χ3n) is 5.32. The summed E-state index contributed by atoms with van der Waals surface area (Å²) < 4.78 is 12.6. The Balaban J connectivity index is 1.37. The van der Waals surface area contributed by atoms with Crippen molar-refractivity contribution in [2.75, 3.05) is 13.2 Å². The minimum absolute atomic E-state index is 0.0902. The minimum atomic E-state index is 0.0902. The maximum Gasteiger partial charge on any atom is 0.137 e. The number of rotatable bonds is 5. The number of benzene rings is 2. The molecule has 0 radical (unpaired) electrons. The molecular formula is C24H20N4O2S. The molecule has 154 valence electrons. The molecule has 2 aromatic carbocycles. The highest BCUT2D eigenvalue weighted by atomic mass is 32.1. The van der Waals surface area contributed by atoms with Crippen LogP contribution in [0.3, 0.4) is 0 Å². The van der Waals surface area contributed by atoms with Crippen molar-refractivity contribution >= 4 is 21.6 Å². The first-order valence-corrected chi connectivity index (χ1v) is 11.1. The highest BCUT2D eigenvalue weighted by Crippen LogP contribution is 2.28. The van der Waals surface area contributed by atoms with E-state index in [-0.39, 0.29) is 6.10 Å². The summed E-state index contributed by atoms with van der Waals surface area (Å²) in [6.45, 7) is 1.40. The van der Waals surface area contributed by atoms with Gasteiger partial charge in [0.2, 0.25) is 0 Å². The molecule has 1 aliphatic rings. The summed E-state index contributed by atoms with van der Waals surface area (Å²) in [6.07, 6.45) is 4.16. The summed E-state index contributed by atoms with van der Waals surface area (Å²) >= 11 is 1.63. The summed E-state index contributed by atoms with van der Waals surface area (Å²) in [7, 11) is 0. The molecule has 2 aromatic heterocycles. The fraction of sp³-hybridized carbons (Fsp3) is 0.250. The minimum Gasteiger partial charge on any atom is -0.489 e. The molecule has 6 nitrogen and oxygen atoms in total. The van der Waals surface area contributed by atoms with E-state index in [1.165, 1.54) is 4.70 Å². The number of nitrogens with zero attached hydrogens (tertiary/aromatic N) is 4. The molecule has 3 heterocycles. The number of fused-ring (bicyclic) bond motifs is 1. The zero-order valence-electron chi connectivity index (χ0n) is 16.8. The predicted molar refractivity (Wildman–Crippen MR) is 119 cm³/mol. The molecule has 1 aliphatic heterocycles. The van der Waals surface area contributed by atoms with E-state index in [1.807, 2.05) is 29.8 Å². The molecule has 31 heavy (non-hydrogen) atoms. The van der Waals surface area contributed by atoms with Crippen LogP contribution in [0, 0.1) is 11.3 Å². The van der Waals surface area contributed by atoms with Gasteiger partial charge in [0, 0.05) is 31.0 Å². The Hall–Kier alpha value is -3.34. The Bertz CT molecular complexity index is 1260. The quantitative estimate of drug-likeness (QED) is 0.455. The van der Waals surface area contributed by atoms with Crippen molar-refractivity contribution in [3.8, 4) is 23.1 Å². The Labute approximate surface area is 184 Å². The lowest BCUT2D eigenvalue weighted by Gasteiger charge is -2.23. The zero-order valence-corrected chi connectivity index (χ0v) is 17.6. The lowest BCUT2D eigenvalue weighted by molar-refractivity contribution is 0.0254. The third-order valence-corrected chi connectivity index (χ3v) is 6.13. The van der Waals surface area contributed by atoms with E-state index >= 15 is 0 Å². The monoisotopic (exact) mass is 428 g/mol. The standard InChI is InChI=1S/C24H20N4O2S/c25-14-18-13-17(2-3-22(18)30-19-6-9-29-10-7-19)20-5-8-26-24(28-20)12-16-1-4-23-21(11-16)27-15-31-23/h1-5,8,11,13,15,19H,6-7,9-10,12H2. The molecule has 0 saturated carbocycles. The first-order valence-electron chi connectivity index (χ1n) is 10.2. The molecule has 0 unspecified atom stereocenters. The SMILES string of the molecule is N#Cc1cc(-c2ccnc(Cc3ccc4scnc4c3)n2)ccc1OC1CCOCC1. The fourth-order valence-corrected chi connectivity index (χ4v) is 4.35. The summed E-state index contributed by atoms with van der Waals surface area (Å²) in [5.74, 6) is 1.34. The predicted octanol–water partition coefficient (Wildman–Crippen LogP) is 4.77. The number of aromatic nitrogens is 3. The van der Waals surface area contributed by atoms with Crippen molar-refractivity contribution in [2.24, 2.45) is 0 Å². The Kier molecular flexibility index (Phi) is 5.57. The van der Waals surface area contributed by atoms with Crippen molar-refractivity contribution < 1.29 is 9.47 Å². The molecule has 0 N–H and O–H groups in total. The van der Waals surface area contributed by atoms with E-state index in [0.717, 1.165) is 41.0 Å². The van der Waals surface area contributed by atoms with E-state index in [0.29, 0.717) is 30.9 Å². The maximum atomic E-state index is 9.64. The summed E-state index contributed by atoms with van der Waals surface area (Å²) in [6, 6.07) is 16.0. The Morgan fingerprint density at radius 3 is 2.87 bits per heavy atom. The van der Waals surface area contributed by atoms with Gasteiger partial charge in [-0.3, -0.25) is 0 Å². The largest absolute Gasteiger partial charge is 0.489 e. The average Bonchev–Trinajstić information content (AvgIpc) is 3.28. The third kappa shape index (κ3) is 4.41. The second-order valence-corrected chi connectivity index (χ2v) is 8.33. The maximum absolute atomic E-state index is 9.64. The van der Waals surface area contributed by atoms with Crippen LogP contribution >= 0.6 is 11.3 Å². The Morgan fingerprint density at radius 2 is 2.00 bits per heavy atom. The van der Waals surface area contributed by atoms with E-state index in [9.17, 15) is 5.26 Å². The van der Waals surface area contributed by atoms with Crippen molar-refractivity contribution in [1.82, 2.24) is 15.0 Å². The molecule has 0 atom stereocenters. The van der Waals surface area contributed by atoms with E-state index in [4.69, 9.17) is 14.5 Å². The lowest BCUT2D eigenvalue weighted by atomic mass is 10.1. The number of nitriles is 1. The molecule has 0 aliphatic carbocycles. The van der Waals surface area contributed by atoms with Crippen LogP contribution in [-0.4, -0.2) is 34.3 Å². The normalized spacial score (nSPS) is 14.4. The van der Waals surface area contributed by atoms with E-state index < -0.39 is 0 Å². The van der Waals surface area contributed by atoms with Gasteiger partial charge in [-0.15, -0.1) is 11.3 Å². The van der Waals surface area contributed by atoms with E-state index in [2.05, 4.69) is 34.2 Å². The lowest BCUT2D eigenvalue weighted by Crippen LogP contribution is -2.26. The number of hydrogen-bond acceptors (Lipinski definition) is 7. The van der Waals surface area contributed by atoms with Gasteiger partial charge in [0.25, 0.3) is 0 Å². The molecule has 1 fully saturated rings. The van der Waals surface area contributed by atoms with Crippen LogP contribution in [0.1, 0.15) is 29.8 Å². The van der Waals surface area contributed by atoms with Gasteiger partial charge in [-0.05, 0) is 42.0 Å². The highest BCUT2D eigenvalue weighted by Gasteiger charge is 2.17. The van der Waals surface area contributed by atoms with Crippen LogP contribution in [0.5, 0.6) is 5.75 Å². The average molecular weight is 429 g/mol. The van der Waals surface area contributed by atoms with Crippen molar-refractivity contribution in [1.29, 1.82) is 5.26 Å². The summed E-state index contributed by atoms with van der Waals surface area (Å²) in [5, 5.41) is 9.64. The first-order chi connectivity index (χ1) is 15.3. The molecule has 7 heteroatoms. The number of ether oxygens (including phenoxy) is 2. The second kappa shape index (κ2) is 8.80. The molecule has 0 spiro atoms. The van der Waals surface area contributed by atoms with Gasteiger partial charge in [-0.25, -0.2) is 15.0 Å². The molecule has 0 bridgehead atoms. The molecule has 4 aromatic rings. The van der Waals surface area contributed by atoms with Crippen LogP contribution in [-0.2, 0) is 11.2 Å². The van der Waals surface area contributed by atoms with Gasteiger partial charge in [-0.1, -0.05) is 6.07 Å². The van der Waals surface area contributed by atoms with Crippen LogP contribution in [0.2, 0.25) is 0 Å². The van der Waals surface area contributed by atoms with Crippen molar-refractivity contribution in [3.05, 3.63) is 71.1 Å². The molecule has 5 rings (SSSR count). The van der Waals surface area contributed by atoms with Crippen LogP contribution in [0.25, 0.3) is 21.5 Å². The van der Waals surface area contributed by atoms with Gasteiger partial charge in [0.1, 0.15) is 23.7 Å². The van der Waals surface area contributed by atoms with Crippen LogP contribution in [0.15, 0.2) is 54.2 Å². The topological polar surface area (TPSA) is 80.9 Å². The summed E-state index contributed by atoms with van der Waals surface area (Å²) in [5.41, 5.74) is 6.14. The number of hydrogen-bond donors (Lipinski definition) is 0. The molecule has 0 amide bonds. The fourth-order valence-electron chi connectivity index (χ4n) is 3.69. The van der Waals surface area contributed by atoms with Gasteiger partial charge < -0.3 is 9.47 Å². The Morgan fingerprint density at radius 1 is 1.10 bits per heavy atom. The van der Waals surface area contributed by atoms with Crippen LogP contribution in [0.4, 0.5) is 0 Å². The smallest absolute Gasteiger partial charge is 0.137 e.